The van der Waals surface area contributed by atoms with E-state index in [9.17, 15) is 19.5 Å². The summed E-state index contributed by atoms with van der Waals surface area (Å²) in [6, 6.07) is 17.4. The maximum Gasteiger partial charge on any atom is 0.411 e. The predicted molar refractivity (Wildman–Crippen MR) is 126 cm³/mol. The van der Waals surface area contributed by atoms with Gasteiger partial charge >= 0.3 is 12.1 Å². The first-order valence-electron chi connectivity index (χ1n) is 11.7. The molecule has 3 aliphatic rings. The third-order valence-corrected chi connectivity index (χ3v) is 7.62. The SMILES string of the molecule is O=C(Nc1ccoc1C(=O)N[C@@H]1C[C@H]2C[C@@]2(C(=O)O)C1)OCC1c2ccccc2-c2ccccc21. The molecule has 0 spiro atoms. The summed E-state index contributed by atoms with van der Waals surface area (Å²) in [5.74, 6) is -1.29. The van der Waals surface area contributed by atoms with Gasteiger partial charge in [0, 0.05) is 18.0 Å². The molecular formula is C27H24N2O6. The maximum atomic E-state index is 12.8. The number of carbonyl (C=O) groups excluding carboxylic acids is 2. The number of hydrogen-bond acceptors (Lipinski definition) is 5. The van der Waals surface area contributed by atoms with Gasteiger partial charge in [0.05, 0.1) is 17.4 Å². The summed E-state index contributed by atoms with van der Waals surface area (Å²) in [7, 11) is 0. The number of rotatable bonds is 6. The molecule has 1 aromatic heterocycles. The summed E-state index contributed by atoms with van der Waals surface area (Å²) in [5.41, 5.74) is 4.01. The van der Waals surface area contributed by atoms with Gasteiger partial charge in [0.2, 0.25) is 5.76 Å². The molecule has 0 bridgehead atoms. The summed E-state index contributed by atoms with van der Waals surface area (Å²) in [6.45, 7) is 0.153. The van der Waals surface area contributed by atoms with Crippen molar-refractivity contribution >= 4 is 23.7 Å². The molecular weight excluding hydrogens is 448 g/mol. The Hall–Kier alpha value is -4.07. The third kappa shape index (κ3) is 3.56. The Morgan fingerprint density at radius 3 is 2.34 bits per heavy atom. The highest BCUT2D eigenvalue weighted by Gasteiger charge is 2.65. The lowest BCUT2D eigenvalue weighted by Crippen LogP contribution is -2.35. The monoisotopic (exact) mass is 472 g/mol. The van der Waals surface area contributed by atoms with Gasteiger partial charge in [0.25, 0.3) is 5.91 Å². The van der Waals surface area contributed by atoms with E-state index in [-0.39, 0.29) is 35.9 Å². The molecule has 2 saturated carbocycles. The normalized spacial score (nSPS) is 23.7. The van der Waals surface area contributed by atoms with Gasteiger partial charge in [-0.15, -0.1) is 0 Å². The molecule has 3 N–H and O–H groups in total. The average Bonchev–Trinajstić information content (AvgIpc) is 3.17. The summed E-state index contributed by atoms with van der Waals surface area (Å²) in [6.07, 6.45) is 2.35. The fourth-order valence-corrected chi connectivity index (χ4v) is 5.84. The Bertz CT molecular complexity index is 1300. The van der Waals surface area contributed by atoms with Crippen molar-refractivity contribution in [3.8, 4) is 11.1 Å². The van der Waals surface area contributed by atoms with E-state index in [2.05, 4.69) is 22.8 Å². The summed E-state index contributed by atoms with van der Waals surface area (Å²) >= 11 is 0. The molecule has 6 rings (SSSR count). The second-order valence-electron chi connectivity index (χ2n) is 9.59. The standard InChI is InChI=1S/C27H24N2O6/c30-24(28-16-11-15-12-27(15,13-16)25(31)32)23-22(9-10-34-23)29-26(33)35-14-21-19-7-3-1-5-17(19)18-6-2-4-8-20(18)21/h1-10,15-16,21H,11-14H2,(H,28,30)(H,29,33)(H,31,32)/t15-,16+,27+/m0/s1. The first-order chi connectivity index (χ1) is 17.0. The van der Waals surface area contributed by atoms with Crippen molar-refractivity contribution in [1.82, 2.24) is 5.32 Å². The molecule has 35 heavy (non-hydrogen) atoms. The van der Waals surface area contributed by atoms with Crippen molar-refractivity contribution in [3.05, 3.63) is 77.7 Å². The maximum absolute atomic E-state index is 12.8. The second-order valence-corrected chi connectivity index (χ2v) is 9.59. The van der Waals surface area contributed by atoms with Crippen molar-refractivity contribution in [3.63, 3.8) is 0 Å². The second kappa shape index (κ2) is 8.01. The minimum atomic E-state index is -0.796. The number of nitrogens with one attached hydrogen (secondary N) is 2. The molecule has 8 nitrogen and oxygen atoms in total. The summed E-state index contributed by atoms with van der Waals surface area (Å²) < 4.78 is 10.9. The molecule has 0 radical (unpaired) electrons. The van der Waals surface area contributed by atoms with Crippen LogP contribution in [0.4, 0.5) is 10.5 Å². The molecule has 1 heterocycles. The highest BCUT2D eigenvalue weighted by atomic mass is 16.5. The topological polar surface area (TPSA) is 118 Å². The molecule has 3 aliphatic carbocycles. The van der Waals surface area contributed by atoms with Crippen LogP contribution < -0.4 is 10.6 Å². The molecule has 0 saturated heterocycles. The first kappa shape index (κ1) is 21.5. The first-order valence-corrected chi connectivity index (χ1v) is 11.7. The number of hydrogen-bond donors (Lipinski definition) is 3. The number of fused-ring (bicyclic) bond motifs is 4. The molecule has 8 heteroatoms. The number of anilines is 1. The van der Waals surface area contributed by atoms with E-state index in [1.807, 2.05) is 36.4 Å². The van der Waals surface area contributed by atoms with Crippen molar-refractivity contribution in [2.45, 2.75) is 31.2 Å². The fourth-order valence-electron chi connectivity index (χ4n) is 5.84. The van der Waals surface area contributed by atoms with E-state index >= 15 is 0 Å². The molecule has 2 aromatic carbocycles. The van der Waals surface area contributed by atoms with E-state index in [0.29, 0.717) is 19.3 Å². The lowest BCUT2D eigenvalue weighted by atomic mass is 9.98. The molecule has 0 aliphatic heterocycles. The van der Waals surface area contributed by atoms with Crippen LogP contribution in [-0.4, -0.2) is 35.7 Å². The minimum Gasteiger partial charge on any atom is -0.481 e. The Morgan fingerprint density at radius 1 is 1.00 bits per heavy atom. The summed E-state index contributed by atoms with van der Waals surface area (Å²) in [4.78, 5) is 36.9. The van der Waals surface area contributed by atoms with Crippen LogP contribution >= 0.6 is 0 Å². The van der Waals surface area contributed by atoms with Crippen LogP contribution in [0.3, 0.4) is 0 Å². The molecule has 3 atom stereocenters. The zero-order valence-electron chi connectivity index (χ0n) is 18.8. The molecule has 3 aromatic rings. The van der Waals surface area contributed by atoms with E-state index < -0.39 is 23.4 Å². The average molecular weight is 472 g/mol. The molecule has 0 unspecified atom stereocenters. The van der Waals surface area contributed by atoms with Crippen molar-refractivity contribution in [2.75, 3.05) is 11.9 Å². The van der Waals surface area contributed by atoms with Crippen LogP contribution in [0.2, 0.25) is 0 Å². The molecule has 2 fully saturated rings. The minimum absolute atomic E-state index is 0.0385. The van der Waals surface area contributed by atoms with Crippen molar-refractivity contribution in [2.24, 2.45) is 11.3 Å². The van der Waals surface area contributed by atoms with Crippen LogP contribution in [0.25, 0.3) is 11.1 Å². The van der Waals surface area contributed by atoms with Gasteiger partial charge < -0.3 is 19.6 Å². The Balaban J connectivity index is 1.09. The number of carboxylic acid groups (broad SMARTS) is 1. The Kier molecular flexibility index (Phi) is 4.91. The zero-order chi connectivity index (χ0) is 24.2. The highest BCUT2D eigenvalue weighted by Crippen LogP contribution is 2.63. The zero-order valence-corrected chi connectivity index (χ0v) is 18.8. The van der Waals surface area contributed by atoms with Gasteiger partial charge in [-0.25, -0.2) is 4.79 Å². The van der Waals surface area contributed by atoms with Crippen LogP contribution in [0.5, 0.6) is 0 Å². The number of carbonyl (C=O) groups is 3. The largest absolute Gasteiger partial charge is 0.481 e. The van der Waals surface area contributed by atoms with Crippen LogP contribution in [0.15, 0.2) is 65.3 Å². The lowest BCUT2D eigenvalue weighted by Gasteiger charge is -2.16. The van der Waals surface area contributed by atoms with Gasteiger partial charge in [0.15, 0.2) is 0 Å². The number of carboxylic acids is 1. The lowest BCUT2D eigenvalue weighted by molar-refractivity contribution is -0.143. The summed E-state index contributed by atoms with van der Waals surface area (Å²) in [5, 5.41) is 14.9. The van der Waals surface area contributed by atoms with E-state index in [1.165, 1.54) is 12.3 Å². The van der Waals surface area contributed by atoms with Gasteiger partial charge in [0.1, 0.15) is 6.61 Å². The highest BCUT2D eigenvalue weighted by molar-refractivity contribution is 6.00. The van der Waals surface area contributed by atoms with Gasteiger partial charge in [-0.05, 0) is 47.4 Å². The van der Waals surface area contributed by atoms with E-state index in [1.54, 1.807) is 0 Å². The van der Waals surface area contributed by atoms with E-state index in [0.717, 1.165) is 22.3 Å². The molecule has 178 valence electrons. The molecule has 2 amide bonds. The number of furan rings is 1. The van der Waals surface area contributed by atoms with Crippen molar-refractivity contribution in [1.29, 1.82) is 0 Å². The number of ether oxygens (including phenoxy) is 1. The van der Waals surface area contributed by atoms with Gasteiger partial charge in [-0.3, -0.25) is 14.9 Å². The van der Waals surface area contributed by atoms with Crippen LogP contribution in [-0.2, 0) is 9.53 Å². The van der Waals surface area contributed by atoms with Crippen molar-refractivity contribution < 1.29 is 28.6 Å². The van der Waals surface area contributed by atoms with E-state index in [4.69, 9.17) is 9.15 Å². The van der Waals surface area contributed by atoms with Crippen LogP contribution in [0.1, 0.15) is 46.9 Å². The Labute approximate surface area is 201 Å². The van der Waals surface area contributed by atoms with Gasteiger partial charge in [-0.2, -0.15) is 0 Å². The Morgan fingerprint density at radius 2 is 1.69 bits per heavy atom. The fraction of sp³-hybridized carbons (Fsp3) is 0.296. The third-order valence-electron chi connectivity index (χ3n) is 7.62. The number of benzene rings is 2. The van der Waals surface area contributed by atoms with Crippen LogP contribution in [0, 0.1) is 11.3 Å². The van der Waals surface area contributed by atoms with Gasteiger partial charge in [-0.1, -0.05) is 48.5 Å². The number of amides is 2. The number of aliphatic carboxylic acids is 1. The quantitative estimate of drug-likeness (QED) is 0.482. The predicted octanol–water partition coefficient (Wildman–Crippen LogP) is 4.62. The smallest absolute Gasteiger partial charge is 0.411 e.